The number of halogens is 2. The summed E-state index contributed by atoms with van der Waals surface area (Å²) in [5, 5.41) is 2.78. The minimum Gasteiger partial charge on any atom is -0.474 e. The molecule has 1 atom stereocenters. The zero-order chi connectivity index (χ0) is 21.7. The number of alkyl halides is 1. The van der Waals surface area contributed by atoms with E-state index in [0.717, 1.165) is 5.56 Å². The van der Waals surface area contributed by atoms with Crippen molar-refractivity contribution in [1.82, 2.24) is 4.98 Å². The van der Waals surface area contributed by atoms with Gasteiger partial charge in [0.1, 0.15) is 29.8 Å². The number of benzene rings is 1. The number of hydrogen-bond acceptors (Lipinski definition) is 5. The fourth-order valence-corrected chi connectivity index (χ4v) is 3.34. The molecule has 1 aliphatic heterocycles. The largest absolute Gasteiger partial charge is 0.474 e. The average molecular weight is 436 g/mol. The molecular weight excluding hydrogens is 413 g/mol. The molecule has 1 aromatic carbocycles. The van der Waals surface area contributed by atoms with Crippen molar-refractivity contribution in [2.24, 2.45) is 0 Å². The highest BCUT2D eigenvalue weighted by atomic mass is 35.5. The van der Waals surface area contributed by atoms with Crippen LogP contribution in [0, 0.1) is 5.82 Å². The third-order valence-corrected chi connectivity index (χ3v) is 4.92. The number of nitrogens with one attached hydrogen (secondary N) is 1. The first-order valence-corrected chi connectivity index (χ1v) is 10.0. The SMILES string of the molecule is COCCC(=O)Nc1nc2c(cc1Cc1ccc(F)cc1)N(C(=O)CCl)[C@@H](C)CO2. The topological polar surface area (TPSA) is 80.8 Å². The normalized spacial score (nSPS) is 15.3. The molecule has 1 aromatic heterocycles. The van der Waals surface area contributed by atoms with E-state index in [1.54, 1.807) is 23.1 Å². The van der Waals surface area contributed by atoms with Gasteiger partial charge in [0.2, 0.25) is 17.7 Å². The van der Waals surface area contributed by atoms with Crippen LogP contribution in [-0.4, -0.2) is 49.0 Å². The van der Waals surface area contributed by atoms with Crippen LogP contribution in [0.3, 0.4) is 0 Å². The Hall–Kier alpha value is -2.71. The van der Waals surface area contributed by atoms with Crippen LogP contribution in [0.15, 0.2) is 30.3 Å². The first kappa shape index (κ1) is 22.0. The molecule has 1 aliphatic rings. The van der Waals surface area contributed by atoms with Gasteiger partial charge < -0.3 is 19.7 Å². The number of anilines is 2. The Bertz CT molecular complexity index is 923. The fraction of sp³-hybridized carbons (Fsp3) is 0.381. The van der Waals surface area contributed by atoms with Gasteiger partial charge in [0.05, 0.1) is 19.1 Å². The van der Waals surface area contributed by atoms with Crippen LogP contribution < -0.4 is 15.0 Å². The Balaban J connectivity index is 2.01. The van der Waals surface area contributed by atoms with Gasteiger partial charge in [-0.2, -0.15) is 4.98 Å². The molecule has 1 N–H and O–H groups in total. The lowest BCUT2D eigenvalue weighted by molar-refractivity contribution is -0.118. The minimum absolute atomic E-state index is 0.167. The Morgan fingerprint density at radius 2 is 2.10 bits per heavy atom. The highest BCUT2D eigenvalue weighted by molar-refractivity contribution is 6.29. The molecule has 0 radical (unpaired) electrons. The molecule has 2 heterocycles. The van der Waals surface area contributed by atoms with Gasteiger partial charge in [-0.3, -0.25) is 9.59 Å². The maximum atomic E-state index is 13.3. The van der Waals surface area contributed by atoms with Crippen molar-refractivity contribution in [3.63, 3.8) is 0 Å². The second kappa shape index (κ2) is 9.86. The quantitative estimate of drug-likeness (QED) is 0.676. The number of fused-ring (bicyclic) bond motifs is 1. The van der Waals surface area contributed by atoms with Gasteiger partial charge in [-0.15, -0.1) is 11.6 Å². The van der Waals surface area contributed by atoms with Crippen molar-refractivity contribution in [3.05, 3.63) is 47.3 Å². The Kier molecular flexibility index (Phi) is 7.23. The predicted octanol–water partition coefficient (Wildman–Crippen LogP) is 3.14. The summed E-state index contributed by atoms with van der Waals surface area (Å²) in [4.78, 5) is 30.7. The molecule has 3 rings (SSSR count). The van der Waals surface area contributed by atoms with Crippen LogP contribution in [-0.2, 0) is 20.7 Å². The van der Waals surface area contributed by atoms with E-state index >= 15 is 0 Å². The third kappa shape index (κ3) is 5.06. The molecule has 30 heavy (non-hydrogen) atoms. The van der Waals surface area contributed by atoms with Gasteiger partial charge in [-0.05, 0) is 30.7 Å². The molecule has 0 spiro atoms. The molecule has 0 bridgehead atoms. The van der Waals surface area contributed by atoms with Crippen molar-refractivity contribution >= 4 is 34.9 Å². The van der Waals surface area contributed by atoms with Crippen molar-refractivity contribution in [3.8, 4) is 5.88 Å². The summed E-state index contributed by atoms with van der Waals surface area (Å²) in [6.07, 6.45) is 0.539. The summed E-state index contributed by atoms with van der Waals surface area (Å²) < 4.78 is 23.9. The smallest absolute Gasteiger partial charge is 0.242 e. The standard InChI is InChI=1S/C21H23ClFN3O4/c1-13-12-30-21-17(26(13)19(28)11-22)10-15(9-14-3-5-16(23)6-4-14)20(25-21)24-18(27)7-8-29-2/h3-6,10,13H,7-9,11-12H2,1-2H3,(H,24,25,27)/t13-/m0/s1. The fourth-order valence-electron chi connectivity index (χ4n) is 3.22. The number of nitrogens with zero attached hydrogens (tertiary/aromatic N) is 2. The number of carbonyl (C=O) groups excluding carboxylic acids is 2. The van der Waals surface area contributed by atoms with E-state index in [1.807, 2.05) is 6.92 Å². The number of methoxy groups -OCH3 is 1. The maximum absolute atomic E-state index is 13.3. The van der Waals surface area contributed by atoms with E-state index in [4.69, 9.17) is 21.1 Å². The zero-order valence-electron chi connectivity index (χ0n) is 16.8. The number of ether oxygens (including phenoxy) is 2. The number of hydrogen-bond donors (Lipinski definition) is 1. The monoisotopic (exact) mass is 435 g/mol. The van der Waals surface area contributed by atoms with Crippen LogP contribution in [0.1, 0.15) is 24.5 Å². The molecule has 0 unspecified atom stereocenters. The van der Waals surface area contributed by atoms with Crippen molar-refractivity contribution in [2.75, 3.05) is 36.4 Å². The van der Waals surface area contributed by atoms with E-state index in [-0.39, 0.29) is 55.1 Å². The van der Waals surface area contributed by atoms with Gasteiger partial charge in [0.15, 0.2) is 0 Å². The summed E-state index contributed by atoms with van der Waals surface area (Å²) in [5.41, 5.74) is 1.98. The van der Waals surface area contributed by atoms with Gasteiger partial charge >= 0.3 is 0 Å². The summed E-state index contributed by atoms with van der Waals surface area (Å²) in [7, 11) is 1.52. The summed E-state index contributed by atoms with van der Waals surface area (Å²) in [6.45, 7) is 2.39. The van der Waals surface area contributed by atoms with Gasteiger partial charge in [0, 0.05) is 19.1 Å². The average Bonchev–Trinajstić information content (AvgIpc) is 2.74. The molecule has 160 valence electrons. The summed E-state index contributed by atoms with van der Waals surface area (Å²) >= 11 is 5.79. The maximum Gasteiger partial charge on any atom is 0.242 e. The summed E-state index contributed by atoms with van der Waals surface area (Å²) in [6, 6.07) is 7.60. The highest BCUT2D eigenvalue weighted by Crippen LogP contribution is 2.36. The second-order valence-corrected chi connectivity index (χ2v) is 7.24. The van der Waals surface area contributed by atoms with E-state index in [2.05, 4.69) is 10.3 Å². The van der Waals surface area contributed by atoms with Crippen molar-refractivity contribution in [1.29, 1.82) is 0 Å². The second-order valence-electron chi connectivity index (χ2n) is 6.97. The lowest BCUT2D eigenvalue weighted by Crippen LogP contribution is -2.46. The molecule has 9 heteroatoms. The third-order valence-electron chi connectivity index (χ3n) is 4.69. The molecule has 2 amide bonds. The molecule has 0 fully saturated rings. The zero-order valence-corrected chi connectivity index (χ0v) is 17.5. The minimum atomic E-state index is -0.337. The van der Waals surface area contributed by atoms with Crippen LogP contribution >= 0.6 is 11.6 Å². The summed E-state index contributed by atoms with van der Waals surface area (Å²) in [5.74, 6) is -0.463. The Morgan fingerprint density at radius 3 is 2.77 bits per heavy atom. The molecule has 0 saturated carbocycles. The van der Waals surface area contributed by atoms with Crippen LogP contribution in [0.4, 0.5) is 15.9 Å². The lowest BCUT2D eigenvalue weighted by Gasteiger charge is -2.34. The van der Waals surface area contributed by atoms with E-state index in [9.17, 15) is 14.0 Å². The number of amides is 2. The van der Waals surface area contributed by atoms with Gasteiger partial charge in [0.25, 0.3) is 0 Å². The predicted molar refractivity (Wildman–Crippen MR) is 112 cm³/mol. The van der Waals surface area contributed by atoms with E-state index < -0.39 is 0 Å². The lowest BCUT2D eigenvalue weighted by atomic mass is 10.0. The van der Waals surface area contributed by atoms with Gasteiger partial charge in [-0.1, -0.05) is 12.1 Å². The number of aromatic nitrogens is 1. The number of rotatable bonds is 7. The molecular formula is C21H23ClFN3O4. The van der Waals surface area contributed by atoms with Crippen molar-refractivity contribution < 1.29 is 23.5 Å². The van der Waals surface area contributed by atoms with Crippen LogP contribution in [0.25, 0.3) is 0 Å². The number of carbonyl (C=O) groups is 2. The van der Waals surface area contributed by atoms with Crippen LogP contribution in [0.5, 0.6) is 5.88 Å². The van der Waals surface area contributed by atoms with E-state index in [1.165, 1.54) is 19.2 Å². The first-order chi connectivity index (χ1) is 14.4. The Morgan fingerprint density at radius 1 is 1.37 bits per heavy atom. The van der Waals surface area contributed by atoms with Gasteiger partial charge in [-0.25, -0.2) is 4.39 Å². The molecule has 0 aliphatic carbocycles. The Labute approximate surface area is 179 Å². The molecule has 0 saturated heterocycles. The van der Waals surface area contributed by atoms with Crippen LogP contribution in [0.2, 0.25) is 0 Å². The van der Waals surface area contributed by atoms with E-state index in [0.29, 0.717) is 23.5 Å². The first-order valence-electron chi connectivity index (χ1n) is 9.51. The number of pyridine rings is 1. The molecule has 2 aromatic rings. The molecule has 7 nitrogen and oxygen atoms in total. The van der Waals surface area contributed by atoms with Crippen molar-refractivity contribution in [2.45, 2.75) is 25.8 Å². The highest BCUT2D eigenvalue weighted by Gasteiger charge is 2.31.